The van der Waals surface area contributed by atoms with Gasteiger partial charge in [-0.15, -0.1) is 11.6 Å². The molecule has 21 heavy (non-hydrogen) atoms. The number of benzene rings is 1. The first-order valence-corrected chi connectivity index (χ1v) is 7.29. The van der Waals surface area contributed by atoms with Crippen molar-refractivity contribution in [2.24, 2.45) is 0 Å². The van der Waals surface area contributed by atoms with E-state index in [0.29, 0.717) is 22.8 Å². The lowest BCUT2D eigenvalue weighted by atomic mass is 10.1. The van der Waals surface area contributed by atoms with Crippen molar-refractivity contribution < 1.29 is 19.0 Å². The van der Waals surface area contributed by atoms with Crippen molar-refractivity contribution >= 4 is 17.5 Å². The minimum Gasteiger partial charge on any atom is -0.493 e. The predicted octanol–water partition coefficient (Wildman–Crippen LogP) is 2.60. The molecule has 1 aromatic carbocycles. The summed E-state index contributed by atoms with van der Waals surface area (Å²) in [5.74, 6) is 1.19. The van der Waals surface area contributed by atoms with E-state index in [9.17, 15) is 4.79 Å². The number of rotatable bonds is 5. The van der Waals surface area contributed by atoms with Crippen molar-refractivity contribution in [2.45, 2.75) is 30.7 Å². The number of ether oxygens (including phenoxy) is 3. The summed E-state index contributed by atoms with van der Waals surface area (Å²) < 4.78 is 15.7. The molecule has 1 aromatic rings. The van der Waals surface area contributed by atoms with Crippen molar-refractivity contribution in [1.29, 1.82) is 0 Å². The Balaban J connectivity index is 2.24. The minimum absolute atomic E-state index is 0.00371. The summed E-state index contributed by atoms with van der Waals surface area (Å²) in [6.45, 7) is 0. The van der Waals surface area contributed by atoms with E-state index >= 15 is 0 Å². The van der Waals surface area contributed by atoms with Crippen molar-refractivity contribution in [1.82, 2.24) is 5.32 Å². The van der Waals surface area contributed by atoms with Gasteiger partial charge in [-0.05, 0) is 31.4 Å². The van der Waals surface area contributed by atoms with Gasteiger partial charge in [-0.2, -0.15) is 0 Å². The quantitative estimate of drug-likeness (QED) is 0.849. The molecule has 2 unspecified atom stereocenters. The SMILES string of the molecule is COc1cc(C(=O)NC2CCCC2Cl)cc(OC)c1OC. The van der Waals surface area contributed by atoms with Crippen LogP contribution in [-0.4, -0.2) is 38.7 Å². The van der Waals surface area contributed by atoms with Gasteiger partial charge in [0.15, 0.2) is 11.5 Å². The summed E-state index contributed by atoms with van der Waals surface area (Å²) in [5.41, 5.74) is 0.459. The molecule has 1 aliphatic carbocycles. The molecule has 2 atom stereocenters. The molecule has 1 N–H and O–H groups in total. The van der Waals surface area contributed by atoms with E-state index in [4.69, 9.17) is 25.8 Å². The zero-order valence-electron chi connectivity index (χ0n) is 12.4. The Morgan fingerprint density at radius 1 is 1.14 bits per heavy atom. The Morgan fingerprint density at radius 2 is 1.76 bits per heavy atom. The second-order valence-electron chi connectivity index (χ2n) is 4.94. The van der Waals surface area contributed by atoms with Crippen LogP contribution in [-0.2, 0) is 0 Å². The molecule has 0 aromatic heterocycles. The largest absolute Gasteiger partial charge is 0.493 e. The van der Waals surface area contributed by atoms with Gasteiger partial charge in [-0.25, -0.2) is 0 Å². The number of carbonyl (C=O) groups excluding carboxylic acids is 1. The highest BCUT2D eigenvalue weighted by molar-refractivity contribution is 6.21. The molecule has 5 nitrogen and oxygen atoms in total. The topological polar surface area (TPSA) is 56.8 Å². The van der Waals surface area contributed by atoms with Gasteiger partial charge < -0.3 is 19.5 Å². The summed E-state index contributed by atoms with van der Waals surface area (Å²) in [7, 11) is 4.56. The highest BCUT2D eigenvalue weighted by Gasteiger charge is 2.27. The molecule has 1 fully saturated rings. The normalized spacial score (nSPS) is 21.0. The van der Waals surface area contributed by atoms with E-state index in [2.05, 4.69) is 5.32 Å². The molecule has 0 saturated heterocycles. The van der Waals surface area contributed by atoms with Crippen LogP contribution in [0.15, 0.2) is 12.1 Å². The fourth-order valence-corrected chi connectivity index (χ4v) is 2.88. The molecule has 0 radical (unpaired) electrons. The molecule has 116 valence electrons. The van der Waals surface area contributed by atoms with Crippen LogP contribution in [0.5, 0.6) is 17.2 Å². The van der Waals surface area contributed by atoms with E-state index in [-0.39, 0.29) is 17.3 Å². The number of nitrogens with one attached hydrogen (secondary N) is 1. The molecule has 1 amide bonds. The number of amides is 1. The van der Waals surface area contributed by atoms with Crippen molar-refractivity contribution in [3.05, 3.63) is 17.7 Å². The van der Waals surface area contributed by atoms with Crippen LogP contribution in [0.4, 0.5) is 0 Å². The Morgan fingerprint density at radius 3 is 2.19 bits per heavy atom. The van der Waals surface area contributed by atoms with Gasteiger partial charge in [0.05, 0.1) is 26.7 Å². The van der Waals surface area contributed by atoms with Gasteiger partial charge in [0, 0.05) is 11.6 Å². The van der Waals surface area contributed by atoms with E-state index in [1.165, 1.54) is 21.3 Å². The molecular weight excluding hydrogens is 294 g/mol. The van der Waals surface area contributed by atoms with Crippen LogP contribution in [0.3, 0.4) is 0 Å². The van der Waals surface area contributed by atoms with Crippen LogP contribution < -0.4 is 19.5 Å². The number of hydrogen-bond acceptors (Lipinski definition) is 4. The Kier molecular flexibility index (Phi) is 5.17. The van der Waals surface area contributed by atoms with E-state index in [0.717, 1.165) is 19.3 Å². The summed E-state index contributed by atoms with van der Waals surface area (Å²) in [5, 5.41) is 2.96. The maximum absolute atomic E-state index is 12.4. The lowest BCUT2D eigenvalue weighted by molar-refractivity contribution is 0.0937. The van der Waals surface area contributed by atoms with Crippen LogP contribution in [0.1, 0.15) is 29.6 Å². The second kappa shape index (κ2) is 6.89. The molecule has 0 spiro atoms. The maximum Gasteiger partial charge on any atom is 0.251 e. The molecule has 6 heteroatoms. The molecule has 1 aliphatic rings. The first-order chi connectivity index (χ1) is 10.1. The van der Waals surface area contributed by atoms with Gasteiger partial charge in [-0.3, -0.25) is 4.79 Å². The molecular formula is C15H20ClNO4. The average molecular weight is 314 g/mol. The van der Waals surface area contributed by atoms with Gasteiger partial charge in [-0.1, -0.05) is 0 Å². The minimum atomic E-state index is -0.188. The van der Waals surface area contributed by atoms with Gasteiger partial charge in [0.1, 0.15) is 0 Å². The zero-order valence-corrected chi connectivity index (χ0v) is 13.2. The number of hydrogen-bond donors (Lipinski definition) is 1. The number of carbonyl (C=O) groups is 1. The van der Waals surface area contributed by atoms with Crippen molar-refractivity contribution in [2.75, 3.05) is 21.3 Å². The third-order valence-corrected chi connectivity index (χ3v) is 4.20. The fraction of sp³-hybridized carbons (Fsp3) is 0.533. The summed E-state index contributed by atoms with van der Waals surface area (Å²) in [6, 6.07) is 3.28. The van der Waals surface area contributed by atoms with Gasteiger partial charge in [0.25, 0.3) is 5.91 Å². The van der Waals surface area contributed by atoms with Crippen molar-refractivity contribution in [3.63, 3.8) is 0 Å². The Labute approximate surface area is 129 Å². The third kappa shape index (κ3) is 3.35. The molecule has 0 bridgehead atoms. The van der Waals surface area contributed by atoms with Crippen LogP contribution >= 0.6 is 11.6 Å². The van der Waals surface area contributed by atoms with E-state index < -0.39 is 0 Å². The first-order valence-electron chi connectivity index (χ1n) is 6.85. The van der Waals surface area contributed by atoms with E-state index in [1.807, 2.05) is 0 Å². The Bertz CT molecular complexity index is 495. The third-order valence-electron chi connectivity index (χ3n) is 3.68. The Hall–Kier alpha value is -1.62. The highest BCUT2D eigenvalue weighted by atomic mass is 35.5. The maximum atomic E-state index is 12.4. The monoisotopic (exact) mass is 313 g/mol. The fourth-order valence-electron chi connectivity index (χ4n) is 2.54. The lowest BCUT2D eigenvalue weighted by Gasteiger charge is -2.17. The first kappa shape index (κ1) is 15.8. The number of halogens is 1. The lowest BCUT2D eigenvalue weighted by Crippen LogP contribution is -2.37. The van der Waals surface area contributed by atoms with Crippen LogP contribution in [0, 0.1) is 0 Å². The number of alkyl halides is 1. The van der Waals surface area contributed by atoms with Gasteiger partial charge >= 0.3 is 0 Å². The zero-order chi connectivity index (χ0) is 15.4. The van der Waals surface area contributed by atoms with Crippen LogP contribution in [0.25, 0.3) is 0 Å². The van der Waals surface area contributed by atoms with E-state index in [1.54, 1.807) is 12.1 Å². The van der Waals surface area contributed by atoms with Gasteiger partial charge in [0.2, 0.25) is 5.75 Å². The summed E-state index contributed by atoms with van der Waals surface area (Å²) in [4.78, 5) is 12.4. The highest BCUT2D eigenvalue weighted by Crippen LogP contribution is 2.38. The standard InChI is InChI=1S/C15H20ClNO4/c1-19-12-7-9(8-13(20-2)14(12)21-3)15(18)17-11-6-4-5-10(11)16/h7-8,10-11H,4-6H2,1-3H3,(H,17,18). The molecule has 0 heterocycles. The second-order valence-corrected chi connectivity index (χ2v) is 5.50. The van der Waals surface area contributed by atoms with Crippen molar-refractivity contribution in [3.8, 4) is 17.2 Å². The smallest absolute Gasteiger partial charge is 0.251 e. The van der Waals surface area contributed by atoms with Crippen LogP contribution in [0.2, 0.25) is 0 Å². The summed E-state index contributed by atoms with van der Waals surface area (Å²) in [6.07, 6.45) is 2.88. The molecule has 1 saturated carbocycles. The predicted molar refractivity (Wildman–Crippen MR) is 80.8 cm³/mol. The molecule has 0 aliphatic heterocycles. The number of methoxy groups -OCH3 is 3. The average Bonchev–Trinajstić information content (AvgIpc) is 2.90. The molecule has 2 rings (SSSR count). The summed E-state index contributed by atoms with van der Waals surface area (Å²) >= 11 is 6.19.